The third-order valence-electron chi connectivity index (χ3n) is 14.4. The Bertz CT molecular complexity index is 2920. The number of phenolic OH excluding ortho intramolecular Hbond substituents is 1. The van der Waals surface area contributed by atoms with Crippen molar-refractivity contribution in [1.82, 2.24) is 23.8 Å². The van der Waals surface area contributed by atoms with Gasteiger partial charge in [-0.15, -0.1) is 0 Å². The van der Waals surface area contributed by atoms with E-state index in [2.05, 4.69) is 36.1 Å². The Morgan fingerprint density at radius 1 is 0.809 bits per heavy atom. The smallest absolute Gasteiger partial charge is 0.264 e. The number of amides is 3. The zero-order valence-electron chi connectivity index (χ0n) is 39.5. The highest BCUT2D eigenvalue weighted by atomic mass is 16.5. The molecular formula is C55H59N7O6. The van der Waals surface area contributed by atoms with E-state index in [-0.39, 0.29) is 42.0 Å². The number of hydrogen-bond donors (Lipinski definition) is 2. The maximum Gasteiger partial charge on any atom is 0.264 e. The molecule has 0 spiro atoms. The van der Waals surface area contributed by atoms with Crippen molar-refractivity contribution in [1.29, 1.82) is 5.26 Å². The van der Waals surface area contributed by atoms with Crippen LogP contribution in [0.5, 0.6) is 11.5 Å². The fourth-order valence-electron chi connectivity index (χ4n) is 10.0. The van der Waals surface area contributed by atoms with E-state index in [4.69, 9.17) is 4.74 Å². The first-order valence-corrected chi connectivity index (χ1v) is 23.6. The molecule has 0 bridgehead atoms. The van der Waals surface area contributed by atoms with Crippen LogP contribution in [-0.2, 0) is 51.2 Å². The number of anilines is 2. The number of carbonyl (C=O) groups excluding carboxylic acids is 3. The van der Waals surface area contributed by atoms with Crippen molar-refractivity contribution in [2.45, 2.75) is 78.1 Å². The molecular weight excluding hydrogens is 855 g/mol. The molecule has 4 aromatic carbocycles. The Morgan fingerprint density at radius 2 is 1.53 bits per heavy atom. The lowest BCUT2D eigenvalue weighted by Crippen LogP contribution is -2.43. The quantitative estimate of drug-likeness (QED) is 0.134. The summed E-state index contributed by atoms with van der Waals surface area (Å²) in [5.74, 6) is 0.372. The number of likely N-dealkylation sites (tertiary alicyclic amines) is 1. The number of carbonyl (C=O) groups is 3. The molecule has 0 saturated carbocycles. The van der Waals surface area contributed by atoms with Crippen molar-refractivity contribution in [2.75, 3.05) is 37.7 Å². The molecule has 1 fully saturated rings. The predicted molar refractivity (Wildman–Crippen MR) is 261 cm³/mol. The van der Waals surface area contributed by atoms with Crippen LogP contribution in [0.2, 0.25) is 0 Å². The number of rotatable bonds is 11. The number of nitrogens with zero attached hydrogens (tertiary/aromatic N) is 7. The van der Waals surface area contributed by atoms with E-state index < -0.39 is 0 Å². The minimum Gasteiger partial charge on any atom is -0.508 e. The summed E-state index contributed by atoms with van der Waals surface area (Å²) < 4.78 is 9.72. The minimum absolute atomic E-state index is 0.00440. The highest BCUT2D eigenvalue weighted by Gasteiger charge is 2.34. The third-order valence-corrected chi connectivity index (χ3v) is 14.4. The topological polar surface area (TPSA) is 148 Å². The Morgan fingerprint density at radius 3 is 2.24 bits per heavy atom. The summed E-state index contributed by atoms with van der Waals surface area (Å²) in [6.07, 6.45) is 2.94. The average molecular weight is 914 g/mol. The number of aromatic hydroxyl groups is 1. The van der Waals surface area contributed by atoms with Crippen LogP contribution in [0.4, 0.5) is 11.4 Å². The van der Waals surface area contributed by atoms with Gasteiger partial charge in [0.25, 0.3) is 11.8 Å². The summed E-state index contributed by atoms with van der Waals surface area (Å²) in [4.78, 5) is 51.9. The Labute approximate surface area is 398 Å². The Hall–Kier alpha value is -7.14. The number of aliphatic hydroxyl groups excluding tert-OH is 1. The number of aliphatic hydroxyl groups is 1. The zero-order valence-corrected chi connectivity index (χ0v) is 39.5. The van der Waals surface area contributed by atoms with Gasteiger partial charge in [-0.1, -0.05) is 36.4 Å². The molecule has 5 heterocycles. The van der Waals surface area contributed by atoms with Crippen LogP contribution < -0.4 is 9.64 Å². The van der Waals surface area contributed by atoms with Crippen LogP contribution >= 0.6 is 0 Å². The van der Waals surface area contributed by atoms with E-state index in [0.717, 1.165) is 66.9 Å². The molecule has 13 heteroatoms. The van der Waals surface area contributed by atoms with Crippen LogP contribution in [0.3, 0.4) is 0 Å². The van der Waals surface area contributed by atoms with Gasteiger partial charge in [0.1, 0.15) is 29.9 Å². The van der Waals surface area contributed by atoms with Gasteiger partial charge in [0, 0.05) is 93.3 Å². The van der Waals surface area contributed by atoms with Gasteiger partial charge in [-0.05, 0) is 135 Å². The van der Waals surface area contributed by atoms with Gasteiger partial charge >= 0.3 is 0 Å². The van der Waals surface area contributed by atoms with E-state index in [0.29, 0.717) is 83.5 Å². The summed E-state index contributed by atoms with van der Waals surface area (Å²) in [7, 11) is 3.69. The van der Waals surface area contributed by atoms with Gasteiger partial charge in [-0.3, -0.25) is 24.2 Å². The second-order valence-electron chi connectivity index (χ2n) is 18.6. The van der Waals surface area contributed by atoms with Gasteiger partial charge in [0.2, 0.25) is 5.91 Å². The van der Waals surface area contributed by atoms with Crippen LogP contribution in [-0.4, -0.2) is 96.7 Å². The number of phenols is 1. The molecule has 0 aliphatic carbocycles. The van der Waals surface area contributed by atoms with Crippen LogP contribution in [0.25, 0.3) is 11.3 Å². The van der Waals surface area contributed by atoms with Crippen LogP contribution in [0.1, 0.15) is 85.4 Å². The van der Waals surface area contributed by atoms with Gasteiger partial charge in [0.15, 0.2) is 0 Å². The molecule has 68 heavy (non-hydrogen) atoms. The maximum atomic E-state index is 15.2. The fraction of sp³-hybridized carbons (Fsp3) is 0.345. The molecule has 350 valence electrons. The fourth-order valence-corrected chi connectivity index (χ4v) is 10.0. The first-order valence-electron chi connectivity index (χ1n) is 23.6. The lowest BCUT2D eigenvalue weighted by molar-refractivity contribution is -0.131. The first kappa shape index (κ1) is 46.0. The molecule has 13 nitrogen and oxygen atoms in total. The molecule has 3 aliphatic heterocycles. The molecule has 0 radical (unpaired) electrons. The van der Waals surface area contributed by atoms with Gasteiger partial charge in [-0.2, -0.15) is 5.26 Å². The molecule has 3 aliphatic rings. The summed E-state index contributed by atoms with van der Waals surface area (Å²) in [5, 5.41) is 29.9. The second kappa shape index (κ2) is 19.2. The third kappa shape index (κ3) is 9.14. The van der Waals surface area contributed by atoms with E-state index in [9.17, 15) is 20.3 Å². The van der Waals surface area contributed by atoms with E-state index in [1.165, 1.54) is 17.7 Å². The molecule has 0 unspecified atom stereocenters. The molecule has 1 atom stereocenters. The lowest BCUT2D eigenvalue weighted by atomic mass is 9.89. The highest BCUT2D eigenvalue weighted by molar-refractivity contribution is 6.13. The SMILES string of the molecule is Cc1c(N(C(=O)c2cc(-c3cc4c(cc3C(=O)N3Cc5ccccc5C[C@H]3C)CN(C(=O)Cc3ccc(OCCN5CCC(O)CC5)cc3)CC4)n(C)c2C)c2ccc(O)cc2)cc(C#N)n1C. The number of fused-ring (bicyclic) bond motifs is 2. The summed E-state index contributed by atoms with van der Waals surface area (Å²) in [6, 6.07) is 32.1. The summed E-state index contributed by atoms with van der Waals surface area (Å²) in [6.45, 7) is 10.3. The van der Waals surface area contributed by atoms with Crippen LogP contribution in [0.15, 0.2) is 97.1 Å². The summed E-state index contributed by atoms with van der Waals surface area (Å²) >= 11 is 0. The van der Waals surface area contributed by atoms with Crippen molar-refractivity contribution < 1.29 is 29.3 Å². The predicted octanol–water partition coefficient (Wildman–Crippen LogP) is 7.75. The summed E-state index contributed by atoms with van der Waals surface area (Å²) in [5.41, 5.74) is 10.4. The molecule has 9 rings (SSSR count). The zero-order chi connectivity index (χ0) is 47.8. The van der Waals surface area contributed by atoms with Crippen molar-refractivity contribution in [3.63, 3.8) is 0 Å². The monoisotopic (exact) mass is 913 g/mol. The highest BCUT2D eigenvalue weighted by Crippen LogP contribution is 2.38. The number of nitriles is 1. The van der Waals surface area contributed by atoms with E-state index >= 15 is 9.59 Å². The Balaban J connectivity index is 1.01. The van der Waals surface area contributed by atoms with Gasteiger partial charge in [-0.25, -0.2) is 0 Å². The van der Waals surface area contributed by atoms with Crippen molar-refractivity contribution in [2.24, 2.45) is 14.1 Å². The molecule has 3 amide bonds. The average Bonchev–Trinajstić information content (AvgIpc) is 3.80. The molecule has 1 saturated heterocycles. The van der Waals surface area contributed by atoms with Crippen molar-refractivity contribution in [3.05, 3.63) is 153 Å². The van der Waals surface area contributed by atoms with E-state index in [1.54, 1.807) is 34.7 Å². The lowest BCUT2D eigenvalue weighted by Gasteiger charge is -2.36. The second-order valence-corrected chi connectivity index (χ2v) is 18.6. The van der Waals surface area contributed by atoms with Gasteiger partial charge in [0.05, 0.1) is 23.8 Å². The van der Waals surface area contributed by atoms with Crippen LogP contribution in [0, 0.1) is 25.2 Å². The van der Waals surface area contributed by atoms with E-state index in [1.807, 2.05) is 83.8 Å². The van der Waals surface area contributed by atoms with Crippen molar-refractivity contribution >= 4 is 29.1 Å². The molecule has 2 N–H and O–H groups in total. The maximum absolute atomic E-state index is 15.2. The number of aromatic nitrogens is 2. The number of benzene rings is 4. The normalized spacial score (nSPS) is 16.2. The standard InChI is InChI=1S/C55H59N7O6/c1-35-26-39-8-6-7-9-41(39)34-61(35)54(66)50-29-42-33-60(53(65)27-38-10-16-47(17-11-38)68-25-24-59-21-19-46(64)20-22-59)23-18-40(42)28-49(50)52-31-48(36(2)58(52)5)55(67)62(43-12-14-45(63)15-13-43)51-30-44(32-56)57(4)37(51)3/h6-17,28-31,35,46,63-64H,18-27,33-34H2,1-5H3/t35-/m1/s1. The first-order chi connectivity index (χ1) is 32.8. The molecule has 2 aromatic heterocycles. The van der Waals surface area contributed by atoms with Gasteiger partial charge < -0.3 is 33.9 Å². The van der Waals surface area contributed by atoms with Crippen molar-refractivity contribution in [3.8, 4) is 28.8 Å². The largest absolute Gasteiger partial charge is 0.508 e. The molecule has 6 aromatic rings. The number of ether oxygens (including phenoxy) is 1. The Kier molecular flexibility index (Phi) is 13.0. The minimum atomic E-state index is -0.327. The number of piperidine rings is 1. The number of hydrogen-bond acceptors (Lipinski definition) is 8.